The van der Waals surface area contributed by atoms with E-state index in [1.807, 2.05) is 30.3 Å². The van der Waals surface area contributed by atoms with Gasteiger partial charge in [-0.2, -0.15) is 0 Å². The average molecular weight is 330 g/mol. The van der Waals surface area contributed by atoms with Crippen LogP contribution >= 0.6 is 0 Å². The molecule has 0 aromatic heterocycles. The fraction of sp³-hybridized carbons (Fsp3) is 0.579. The number of hydrogen-bond acceptors (Lipinski definition) is 4. The molecule has 24 heavy (non-hydrogen) atoms. The summed E-state index contributed by atoms with van der Waals surface area (Å²) in [5.41, 5.74) is 0.757. The van der Waals surface area contributed by atoms with E-state index in [-0.39, 0.29) is 23.8 Å². The number of Topliss-reactive ketones (excluding diaryl/α,β-unsaturated/α-hetero) is 1. The summed E-state index contributed by atoms with van der Waals surface area (Å²) < 4.78 is 5.52. The number of likely N-dealkylation sites (tertiary alicyclic amines) is 1. The summed E-state index contributed by atoms with van der Waals surface area (Å²) in [6, 6.07) is 9.57. The molecule has 1 aromatic rings. The van der Waals surface area contributed by atoms with Crippen molar-refractivity contribution in [2.75, 3.05) is 26.2 Å². The van der Waals surface area contributed by atoms with E-state index in [1.165, 1.54) is 0 Å². The molecular formula is C19H26N2O3. The number of rotatable bonds is 7. The molecule has 0 radical (unpaired) electrons. The molecule has 0 aliphatic carbocycles. The molecule has 0 saturated carbocycles. The van der Waals surface area contributed by atoms with Crippen LogP contribution in [0.3, 0.4) is 0 Å². The quantitative estimate of drug-likeness (QED) is 0.777. The maximum atomic E-state index is 12.4. The summed E-state index contributed by atoms with van der Waals surface area (Å²) >= 11 is 0. The van der Waals surface area contributed by atoms with Gasteiger partial charge in [0.15, 0.2) is 5.78 Å². The van der Waals surface area contributed by atoms with E-state index in [0.717, 1.165) is 44.4 Å². The van der Waals surface area contributed by atoms with Crippen molar-refractivity contribution in [3.63, 3.8) is 0 Å². The highest BCUT2D eigenvalue weighted by molar-refractivity contribution is 5.96. The Morgan fingerprint density at radius 3 is 2.75 bits per heavy atom. The van der Waals surface area contributed by atoms with Gasteiger partial charge in [0.25, 0.3) is 0 Å². The summed E-state index contributed by atoms with van der Waals surface area (Å²) in [6.45, 7) is 2.66. The van der Waals surface area contributed by atoms with Crippen LogP contribution in [0.2, 0.25) is 0 Å². The van der Waals surface area contributed by atoms with E-state index in [1.54, 1.807) is 0 Å². The van der Waals surface area contributed by atoms with Gasteiger partial charge < -0.3 is 10.1 Å². The van der Waals surface area contributed by atoms with Gasteiger partial charge in [-0.05, 0) is 32.2 Å². The molecule has 2 aliphatic heterocycles. The van der Waals surface area contributed by atoms with Crippen molar-refractivity contribution < 1.29 is 14.3 Å². The molecule has 2 fully saturated rings. The number of carbonyl (C=O) groups is 2. The van der Waals surface area contributed by atoms with E-state index in [0.29, 0.717) is 19.5 Å². The summed E-state index contributed by atoms with van der Waals surface area (Å²) in [5.74, 6) is 0.192. The fourth-order valence-corrected chi connectivity index (χ4v) is 3.56. The lowest BCUT2D eigenvalue weighted by Gasteiger charge is -2.23. The minimum Gasteiger partial charge on any atom is -0.376 e. The van der Waals surface area contributed by atoms with E-state index in [9.17, 15) is 9.59 Å². The van der Waals surface area contributed by atoms with Gasteiger partial charge in [-0.25, -0.2) is 0 Å². The van der Waals surface area contributed by atoms with Crippen LogP contribution in [-0.2, 0) is 9.53 Å². The second-order valence-corrected chi connectivity index (χ2v) is 6.70. The molecule has 2 aliphatic rings. The first-order valence-electron chi connectivity index (χ1n) is 8.93. The van der Waals surface area contributed by atoms with Gasteiger partial charge >= 0.3 is 0 Å². The van der Waals surface area contributed by atoms with Crippen molar-refractivity contribution in [1.82, 2.24) is 10.2 Å². The maximum absolute atomic E-state index is 12.4. The van der Waals surface area contributed by atoms with Gasteiger partial charge in [-0.3, -0.25) is 14.5 Å². The van der Waals surface area contributed by atoms with Crippen LogP contribution in [0, 0.1) is 0 Å². The van der Waals surface area contributed by atoms with Crippen LogP contribution in [0.5, 0.6) is 0 Å². The summed E-state index contributed by atoms with van der Waals surface area (Å²) in [6.07, 6.45) is 4.80. The number of ether oxygens (including phenoxy) is 1. The molecular weight excluding hydrogens is 304 g/mol. The van der Waals surface area contributed by atoms with Crippen molar-refractivity contribution in [3.8, 4) is 0 Å². The van der Waals surface area contributed by atoms with Crippen LogP contribution < -0.4 is 5.32 Å². The molecule has 2 heterocycles. The lowest BCUT2D eigenvalue weighted by molar-refractivity contribution is -0.123. The first-order chi connectivity index (χ1) is 11.7. The van der Waals surface area contributed by atoms with Crippen LogP contribution in [0.4, 0.5) is 0 Å². The number of nitrogens with one attached hydrogen (secondary N) is 1. The van der Waals surface area contributed by atoms with Crippen LogP contribution in [0.1, 0.15) is 42.5 Å². The molecule has 2 atom stereocenters. The molecule has 2 saturated heterocycles. The first-order valence-corrected chi connectivity index (χ1v) is 8.93. The van der Waals surface area contributed by atoms with Crippen LogP contribution in [0.15, 0.2) is 30.3 Å². The molecule has 2 unspecified atom stereocenters. The Bertz CT molecular complexity index is 555. The van der Waals surface area contributed by atoms with E-state index in [2.05, 4.69) is 10.2 Å². The van der Waals surface area contributed by atoms with E-state index in [4.69, 9.17) is 4.74 Å². The molecule has 5 heteroatoms. The average Bonchev–Trinajstić information content (AvgIpc) is 3.26. The lowest BCUT2D eigenvalue weighted by Crippen LogP contribution is -2.42. The zero-order valence-electron chi connectivity index (χ0n) is 14.1. The van der Waals surface area contributed by atoms with Crippen LogP contribution in [-0.4, -0.2) is 55.0 Å². The summed E-state index contributed by atoms with van der Waals surface area (Å²) in [7, 11) is 0. The number of benzene rings is 1. The Labute approximate surface area is 143 Å². The highest BCUT2D eigenvalue weighted by Crippen LogP contribution is 2.21. The van der Waals surface area contributed by atoms with Crippen molar-refractivity contribution in [2.24, 2.45) is 0 Å². The molecule has 130 valence electrons. The Hall–Kier alpha value is -1.72. The number of ketones is 1. The minimum absolute atomic E-state index is 0.0320. The molecule has 1 aromatic carbocycles. The molecule has 3 rings (SSSR count). The smallest absolute Gasteiger partial charge is 0.234 e. The van der Waals surface area contributed by atoms with Gasteiger partial charge in [-0.1, -0.05) is 30.3 Å². The summed E-state index contributed by atoms with van der Waals surface area (Å²) in [5, 5.41) is 2.97. The van der Waals surface area contributed by atoms with Gasteiger partial charge in [0.1, 0.15) is 0 Å². The SMILES string of the molecule is O=C(CN1CCCC1CC(=O)c1ccccc1)NCC1CCCO1. The lowest BCUT2D eigenvalue weighted by atomic mass is 10.0. The highest BCUT2D eigenvalue weighted by atomic mass is 16.5. The zero-order chi connectivity index (χ0) is 16.8. The predicted octanol–water partition coefficient (Wildman–Crippen LogP) is 2.02. The second kappa shape index (κ2) is 8.40. The second-order valence-electron chi connectivity index (χ2n) is 6.70. The molecule has 0 bridgehead atoms. The normalized spacial score (nSPS) is 24.2. The fourth-order valence-electron chi connectivity index (χ4n) is 3.56. The third-order valence-electron chi connectivity index (χ3n) is 4.91. The Morgan fingerprint density at radius 1 is 1.17 bits per heavy atom. The number of hydrogen-bond donors (Lipinski definition) is 1. The topological polar surface area (TPSA) is 58.6 Å². The predicted molar refractivity (Wildman–Crippen MR) is 92.0 cm³/mol. The highest BCUT2D eigenvalue weighted by Gasteiger charge is 2.28. The van der Waals surface area contributed by atoms with Gasteiger partial charge in [0.2, 0.25) is 5.91 Å². The van der Waals surface area contributed by atoms with E-state index >= 15 is 0 Å². The first kappa shape index (κ1) is 17.1. The minimum atomic E-state index is 0.0320. The number of nitrogens with zero attached hydrogens (tertiary/aromatic N) is 1. The Balaban J connectivity index is 1.46. The standard InChI is InChI=1S/C19H26N2O3/c22-18(15-6-2-1-3-7-15)12-16-8-4-10-21(16)14-19(23)20-13-17-9-5-11-24-17/h1-3,6-7,16-17H,4-5,8-14H2,(H,20,23). The van der Waals surface area contributed by atoms with Gasteiger partial charge in [0, 0.05) is 31.2 Å². The van der Waals surface area contributed by atoms with Crippen molar-refractivity contribution in [1.29, 1.82) is 0 Å². The monoisotopic (exact) mass is 330 g/mol. The third kappa shape index (κ3) is 4.65. The van der Waals surface area contributed by atoms with Crippen molar-refractivity contribution >= 4 is 11.7 Å². The van der Waals surface area contributed by atoms with Crippen LogP contribution in [0.25, 0.3) is 0 Å². The van der Waals surface area contributed by atoms with Crippen molar-refractivity contribution in [2.45, 2.75) is 44.2 Å². The van der Waals surface area contributed by atoms with Crippen molar-refractivity contribution in [3.05, 3.63) is 35.9 Å². The summed E-state index contributed by atoms with van der Waals surface area (Å²) in [4.78, 5) is 26.7. The third-order valence-corrected chi connectivity index (χ3v) is 4.91. The zero-order valence-corrected chi connectivity index (χ0v) is 14.1. The Kier molecular flexibility index (Phi) is 5.99. The number of carbonyl (C=O) groups excluding carboxylic acids is 2. The van der Waals surface area contributed by atoms with E-state index < -0.39 is 0 Å². The molecule has 0 spiro atoms. The number of amides is 1. The molecule has 5 nitrogen and oxygen atoms in total. The van der Waals surface area contributed by atoms with Gasteiger partial charge in [0.05, 0.1) is 12.6 Å². The van der Waals surface area contributed by atoms with Gasteiger partial charge in [-0.15, -0.1) is 0 Å². The maximum Gasteiger partial charge on any atom is 0.234 e. The molecule has 1 amide bonds. The largest absolute Gasteiger partial charge is 0.376 e. The molecule has 1 N–H and O–H groups in total. The Morgan fingerprint density at radius 2 is 2.00 bits per heavy atom.